The van der Waals surface area contributed by atoms with E-state index in [1.807, 2.05) is 6.92 Å². The zero-order valence-electron chi connectivity index (χ0n) is 21.0. The van der Waals surface area contributed by atoms with Crippen LogP contribution in [0, 0.1) is 6.92 Å². The van der Waals surface area contributed by atoms with Crippen molar-refractivity contribution < 1.29 is 17.7 Å². The van der Waals surface area contributed by atoms with Gasteiger partial charge in [-0.15, -0.1) is 0 Å². The third-order valence-corrected chi connectivity index (χ3v) is 9.26. The summed E-state index contributed by atoms with van der Waals surface area (Å²) < 4.78 is 37.4. The maximum absolute atomic E-state index is 10.4. The second-order valence-corrected chi connectivity index (χ2v) is 12.5. The normalized spacial score (nSPS) is 14.0. The molecule has 0 heterocycles. The zero-order chi connectivity index (χ0) is 26.1. The van der Waals surface area contributed by atoms with Crippen LogP contribution in [0.4, 0.5) is 0 Å². The van der Waals surface area contributed by atoms with Crippen molar-refractivity contribution in [2.24, 2.45) is 0 Å². The fourth-order valence-corrected chi connectivity index (χ4v) is 6.81. The van der Waals surface area contributed by atoms with Gasteiger partial charge in [0.25, 0.3) is 0 Å². The van der Waals surface area contributed by atoms with Crippen LogP contribution in [0.2, 0.25) is 0 Å². The van der Waals surface area contributed by atoms with Gasteiger partial charge >= 0.3 is 0 Å². The second kappa shape index (κ2) is 13.0. The lowest BCUT2D eigenvalue weighted by Crippen LogP contribution is -2.19. The third-order valence-electron chi connectivity index (χ3n) is 6.18. The van der Waals surface area contributed by atoms with E-state index in [9.17, 15) is 13.0 Å². The van der Waals surface area contributed by atoms with Crippen molar-refractivity contribution in [1.82, 2.24) is 0 Å². The molecule has 192 valence electrons. The van der Waals surface area contributed by atoms with Crippen molar-refractivity contribution in [3.8, 4) is 5.75 Å². The minimum atomic E-state index is -4.27. The van der Waals surface area contributed by atoms with Crippen molar-refractivity contribution >= 4 is 21.0 Å². The molecule has 0 aromatic heterocycles. The topological polar surface area (TPSA) is 66.4 Å². The van der Waals surface area contributed by atoms with Crippen molar-refractivity contribution in [3.63, 3.8) is 0 Å². The highest BCUT2D eigenvalue weighted by molar-refractivity contribution is 7.97. The number of hydrogen-bond donors (Lipinski definition) is 0. The number of hydrogen-bond acceptors (Lipinski definition) is 4. The Labute approximate surface area is 223 Å². The molecule has 0 saturated heterocycles. The molecule has 37 heavy (non-hydrogen) atoms. The molecule has 0 atom stereocenters. The molecule has 4 nitrogen and oxygen atoms in total. The molecule has 1 aliphatic carbocycles. The fraction of sp³-hybridized carbons (Fsp3) is 0.226. The van der Waals surface area contributed by atoms with Gasteiger partial charge in [-0.1, -0.05) is 60.5 Å². The number of aryl methyl sites for hydroxylation is 1. The fourth-order valence-electron chi connectivity index (χ4n) is 4.26. The van der Waals surface area contributed by atoms with Crippen molar-refractivity contribution in [1.29, 1.82) is 0 Å². The summed E-state index contributed by atoms with van der Waals surface area (Å²) in [5, 5.41) is 0. The van der Waals surface area contributed by atoms with E-state index >= 15 is 0 Å². The first-order valence-electron chi connectivity index (χ1n) is 12.5. The van der Waals surface area contributed by atoms with Gasteiger partial charge in [-0.3, -0.25) is 0 Å². The Morgan fingerprint density at radius 1 is 0.676 bits per heavy atom. The summed E-state index contributed by atoms with van der Waals surface area (Å²) in [6.45, 7) is 1.82. The molecular formula is C31H32O4S2. The lowest BCUT2D eigenvalue weighted by atomic mass is 9.98. The zero-order valence-corrected chi connectivity index (χ0v) is 22.6. The molecule has 0 bridgehead atoms. The van der Waals surface area contributed by atoms with Gasteiger partial charge in [-0.2, -0.15) is 0 Å². The average molecular weight is 533 g/mol. The maximum Gasteiger partial charge on any atom is 0.166 e. The standard InChI is InChI=1S/C24H25OS.C7H8O3S/c1-4-10-20(11-5-1)25-21-16-18-24(19-17-21)26(22-12-6-2-7-13-22)23-14-8-3-9-15-23;1-6-2-4-7(5-3-6)11(8,9)10/h2-3,6-9,12-20H,1,4-5,10-11H2;2-5H,1H3,(H,8,9,10)/q+1;/p-1. The van der Waals surface area contributed by atoms with Gasteiger partial charge in [0.15, 0.2) is 14.7 Å². The van der Waals surface area contributed by atoms with Crippen LogP contribution >= 0.6 is 0 Å². The molecular weight excluding hydrogens is 500 g/mol. The quantitative estimate of drug-likeness (QED) is 0.192. The summed E-state index contributed by atoms with van der Waals surface area (Å²) >= 11 is 0. The third kappa shape index (κ3) is 7.96. The van der Waals surface area contributed by atoms with E-state index in [1.165, 1.54) is 58.9 Å². The highest BCUT2D eigenvalue weighted by Gasteiger charge is 2.28. The van der Waals surface area contributed by atoms with E-state index in [4.69, 9.17) is 4.74 Å². The Hall–Kier alpha value is -3.06. The SMILES string of the molecule is Cc1ccc(S(=O)(=O)[O-])cc1.c1ccc([S+](c2ccccc2)c2ccc(OC3CCCCC3)cc2)cc1. The van der Waals surface area contributed by atoms with Crippen molar-refractivity contribution in [3.05, 3.63) is 115 Å². The Bertz CT molecular complexity index is 1290. The Morgan fingerprint density at radius 3 is 1.65 bits per heavy atom. The van der Waals surface area contributed by atoms with Gasteiger partial charge in [0.1, 0.15) is 15.9 Å². The molecule has 1 saturated carbocycles. The van der Waals surface area contributed by atoms with Gasteiger partial charge in [-0.05, 0) is 93.3 Å². The summed E-state index contributed by atoms with van der Waals surface area (Å²) in [5.74, 6) is 1.00. The van der Waals surface area contributed by atoms with Crippen LogP contribution in [0.15, 0.2) is 129 Å². The molecule has 4 aromatic carbocycles. The Morgan fingerprint density at radius 2 is 1.16 bits per heavy atom. The first kappa shape index (κ1) is 27.0. The second-order valence-electron chi connectivity index (χ2n) is 9.05. The molecule has 0 spiro atoms. The predicted molar refractivity (Wildman–Crippen MR) is 148 cm³/mol. The maximum atomic E-state index is 10.4. The van der Waals surface area contributed by atoms with Gasteiger partial charge < -0.3 is 9.29 Å². The van der Waals surface area contributed by atoms with Crippen LogP contribution in [0.3, 0.4) is 0 Å². The molecule has 0 amide bonds. The minimum Gasteiger partial charge on any atom is -0.744 e. The lowest BCUT2D eigenvalue weighted by molar-refractivity contribution is 0.155. The number of rotatable bonds is 6. The molecule has 1 fully saturated rings. The smallest absolute Gasteiger partial charge is 0.166 e. The first-order chi connectivity index (χ1) is 17.9. The summed E-state index contributed by atoms with van der Waals surface area (Å²) in [6, 6.07) is 36.1. The summed E-state index contributed by atoms with van der Waals surface area (Å²) in [7, 11) is -4.35. The van der Waals surface area contributed by atoms with Gasteiger partial charge in [0.2, 0.25) is 0 Å². The van der Waals surface area contributed by atoms with Crippen LogP contribution in [-0.2, 0) is 21.0 Å². The van der Waals surface area contributed by atoms with E-state index in [0.717, 1.165) is 11.3 Å². The summed E-state index contributed by atoms with van der Waals surface area (Å²) in [4.78, 5) is 3.85. The molecule has 0 radical (unpaired) electrons. The van der Waals surface area contributed by atoms with Crippen molar-refractivity contribution in [2.45, 2.75) is 64.7 Å². The lowest BCUT2D eigenvalue weighted by Gasteiger charge is -2.23. The molecule has 0 unspecified atom stereocenters. The summed E-state index contributed by atoms with van der Waals surface area (Å²) in [6.07, 6.45) is 6.74. The van der Waals surface area contributed by atoms with Gasteiger partial charge in [-0.25, -0.2) is 8.42 Å². The van der Waals surface area contributed by atoms with E-state index in [-0.39, 0.29) is 15.8 Å². The highest BCUT2D eigenvalue weighted by atomic mass is 32.2. The van der Waals surface area contributed by atoms with E-state index in [0.29, 0.717) is 6.10 Å². The van der Waals surface area contributed by atoms with E-state index in [1.54, 1.807) is 12.1 Å². The van der Waals surface area contributed by atoms with E-state index in [2.05, 4.69) is 84.9 Å². The van der Waals surface area contributed by atoms with E-state index < -0.39 is 10.1 Å². The number of benzene rings is 4. The molecule has 0 aliphatic heterocycles. The highest BCUT2D eigenvalue weighted by Crippen LogP contribution is 2.32. The molecule has 5 rings (SSSR count). The van der Waals surface area contributed by atoms with Gasteiger partial charge in [0.05, 0.1) is 21.9 Å². The van der Waals surface area contributed by atoms with Crippen LogP contribution in [0.25, 0.3) is 0 Å². The Balaban J connectivity index is 0.000000245. The van der Waals surface area contributed by atoms with Crippen LogP contribution in [-0.4, -0.2) is 19.1 Å². The minimum absolute atomic E-state index is 0.0852. The first-order valence-corrected chi connectivity index (χ1v) is 15.2. The van der Waals surface area contributed by atoms with Crippen LogP contribution in [0.5, 0.6) is 5.75 Å². The monoisotopic (exact) mass is 532 g/mol. The van der Waals surface area contributed by atoms with Crippen LogP contribution in [0.1, 0.15) is 37.7 Å². The number of ether oxygens (including phenoxy) is 1. The van der Waals surface area contributed by atoms with Gasteiger partial charge in [0, 0.05) is 0 Å². The summed E-state index contributed by atoms with van der Waals surface area (Å²) in [5.41, 5.74) is 0.928. The molecule has 4 aromatic rings. The average Bonchev–Trinajstić information content (AvgIpc) is 2.92. The van der Waals surface area contributed by atoms with Crippen molar-refractivity contribution in [2.75, 3.05) is 0 Å². The molecule has 0 N–H and O–H groups in total. The van der Waals surface area contributed by atoms with Crippen LogP contribution < -0.4 is 4.74 Å². The molecule has 1 aliphatic rings. The predicted octanol–water partition coefficient (Wildman–Crippen LogP) is 7.39. The largest absolute Gasteiger partial charge is 0.744 e. The molecule has 6 heteroatoms. The Kier molecular flexibility index (Phi) is 9.45.